The number of hydrogen-bond donors (Lipinski definition) is 1. The Morgan fingerprint density at radius 1 is 1.18 bits per heavy atom. The molecular formula is C24H22FN5O2S. The molecule has 2 aromatic carbocycles. The molecule has 1 aliphatic rings. The van der Waals surface area contributed by atoms with Crippen LogP contribution in [0.3, 0.4) is 0 Å². The number of carbonyl (C=O) groups is 1. The first-order valence-corrected chi connectivity index (χ1v) is 11.6. The Balaban J connectivity index is 1.38. The molecule has 1 aliphatic heterocycles. The van der Waals surface area contributed by atoms with Crippen LogP contribution in [0.15, 0.2) is 58.6 Å². The van der Waals surface area contributed by atoms with Crippen molar-refractivity contribution in [2.45, 2.75) is 38.0 Å². The number of nitrogens with one attached hydrogen (secondary N) is 1. The minimum absolute atomic E-state index is 0.166. The second kappa shape index (κ2) is 8.47. The average molecular weight is 464 g/mol. The lowest BCUT2D eigenvalue weighted by molar-refractivity contribution is -0.121. The molecule has 0 radical (unpaired) electrons. The summed E-state index contributed by atoms with van der Waals surface area (Å²) in [6.07, 6.45) is 1.71. The summed E-state index contributed by atoms with van der Waals surface area (Å²) >= 11 is 1.47. The van der Waals surface area contributed by atoms with Crippen molar-refractivity contribution in [1.29, 1.82) is 0 Å². The fraction of sp³-hybridized carbons (Fsp3) is 0.250. The maximum absolute atomic E-state index is 13.3. The number of carbonyl (C=O) groups excluding carboxylic acids is 1. The Morgan fingerprint density at radius 2 is 1.97 bits per heavy atom. The normalized spacial score (nSPS) is 15.1. The van der Waals surface area contributed by atoms with Gasteiger partial charge in [-0.25, -0.2) is 14.1 Å². The Kier molecular flexibility index (Phi) is 5.49. The second-order valence-electron chi connectivity index (χ2n) is 8.20. The summed E-state index contributed by atoms with van der Waals surface area (Å²) in [5, 5.41) is 8.28. The van der Waals surface area contributed by atoms with E-state index in [4.69, 9.17) is 4.98 Å². The first kappa shape index (κ1) is 21.4. The lowest BCUT2D eigenvalue weighted by Gasteiger charge is -2.13. The monoisotopic (exact) mass is 463 g/mol. The molecule has 168 valence electrons. The highest BCUT2D eigenvalue weighted by molar-refractivity contribution is 7.99. The van der Waals surface area contributed by atoms with Gasteiger partial charge in [0.25, 0.3) is 5.56 Å². The molecule has 2 aromatic heterocycles. The smallest absolute Gasteiger partial charge is 0.265 e. The molecular weight excluding hydrogens is 441 g/mol. The van der Waals surface area contributed by atoms with Crippen molar-refractivity contribution in [2.24, 2.45) is 0 Å². The summed E-state index contributed by atoms with van der Waals surface area (Å²) in [4.78, 5) is 30.5. The molecule has 1 atom stereocenters. The lowest BCUT2D eigenvalue weighted by atomic mass is 10.1. The molecule has 0 saturated heterocycles. The summed E-state index contributed by atoms with van der Waals surface area (Å²) in [5.41, 5.74) is 4.31. The van der Waals surface area contributed by atoms with Gasteiger partial charge in [0, 0.05) is 18.7 Å². The molecule has 1 unspecified atom stereocenters. The molecule has 1 N–H and O–H groups in total. The third kappa shape index (κ3) is 4.04. The van der Waals surface area contributed by atoms with Gasteiger partial charge >= 0.3 is 0 Å². The van der Waals surface area contributed by atoms with Crippen molar-refractivity contribution in [1.82, 2.24) is 24.6 Å². The molecule has 0 fully saturated rings. The Hall–Kier alpha value is -3.46. The molecule has 9 heteroatoms. The highest BCUT2D eigenvalue weighted by Crippen LogP contribution is 2.33. The highest BCUT2D eigenvalue weighted by Gasteiger charge is 2.29. The van der Waals surface area contributed by atoms with E-state index in [2.05, 4.69) is 10.4 Å². The number of aromatic nitrogens is 4. The summed E-state index contributed by atoms with van der Waals surface area (Å²) in [5.74, 6) is 0.106. The van der Waals surface area contributed by atoms with Gasteiger partial charge in [-0.1, -0.05) is 30.0 Å². The predicted octanol–water partition coefficient (Wildman–Crippen LogP) is 3.69. The quantitative estimate of drug-likeness (QED) is 0.457. The topological polar surface area (TPSA) is 81.8 Å². The van der Waals surface area contributed by atoms with Crippen LogP contribution in [-0.2, 0) is 11.3 Å². The molecule has 0 bridgehead atoms. The van der Waals surface area contributed by atoms with Gasteiger partial charge in [0.15, 0.2) is 10.8 Å². The van der Waals surface area contributed by atoms with Gasteiger partial charge in [0.1, 0.15) is 11.2 Å². The summed E-state index contributed by atoms with van der Waals surface area (Å²) in [6, 6.07) is 11.7. The van der Waals surface area contributed by atoms with Crippen molar-refractivity contribution in [3.8, 4) is 5.69 Å². The van der Waals surface area contributed by atoms with Gasteiger partial charge in [0.2, 0.25) is 5.91 Å². The van der Waals surface area contributed by atoms with Gasteiger partial charge in [0.05, 0.1) is 17.9 Å². The standard InChI is InChI=1S/C24H22FN5O2S/c1-14-3-8-18(9-15(14)2)30-22-20(12-27-30)23(32)29-19(13-33-24(29)28-22)10-21(31)26-11-16-4-6-17(25)7-5-16/h3-9,12,19H,10-11,13H2,1-2H3,(H,26,31). The van der Waals surface area contributed by atoms with Gasteiger partial charge in [-0.3, -0.25) is 14.2 Å². The van der Waals surface area contributed by atoms with Crippen LogP contribution in [0.2, 0.25) is 0 Å². The Morgan fingerprint density at radius 3 is 2.73 bits per heavy atom. The van der Waals surface area contributed by atoms with Crippen molar-refractivity contribution in [3.05, 3.63) is 81.5 Å². The zero-order valence-corrected chi connectivity index (χ0v) is 19.0. The molecule has 33 heavy (non-hydrogen) atoms. The lowest BCUT2D eigenvalue weighted by Crippen LogP contribution is -2.30. The SMILES string of the molecule is Cc1ccc(-n2ncc3c(=O)n4c(nc32)SCC4CC(=O)NCc2ccc(F)cc2)cc1C. The van der Waals surface area contributed by atoms with E-state index in [1.54, 1.807) is 27.6 Å². The van der Waals surface area contributed by atoms with Gasteiger partial charge < -0.3 is 5.32 Å². The fourth-order valence-corrected chi connectivity index (χ4v) is 5.05. The van der Waals surface area contributed by atoms with E-state index < -0.39 is 0 Å². The number of benzene rings is 2. The van der Waals surface area contributed by atoms with Crippen LogP contribution in [0.1, 0.15) is 29.2 Å². The van der Waals surface area contributed by atoms with E-state index in [1.165, 1.54) is 29.5 Å². The molecule has 1 amide bonds. The Labute approximate surface area is 193 Å². The van der Waals surface area contributed by atoms with E-state index >= 15 is 0 Å². The number of halogens is 1. The average Bonchev–Trinajstić information content (AvgIpc) is 3.40. The number of aryl methyl sites for hydroxylation is 2. The minimum Gasteiger partial charge on any atom is -0.352 e. The second-order valence-corrected chi connectivity index (χ2v) is 9.19. The molecule has 4 aromatic rings. The van der Waals surface area contributed by atoms with Crippen molar-refractivity contribution < 1.29 is 9.18 Å². The van der Waals surface area contributed by atoms with Crippen LogP contribution in [-0.4, -0.2) is 31.0 Å². The molecule has 0 saturated carbocycles. The number of thioether (sulfide) groups is 1. The predicted molar refractivity (Wildman–Crippen MR) is 125 cm³/mol. The first-order valence-electron chi connectivity index (χ1n) is 10.6. The van der Waals surface area contributed by atoms with Crippen LogP contribution in [0, 0.1) is 19.7 Å². The molecule has 0 aliphatic carbocycles. The third-order valence-electron chi connectivity index (χ3n) is 5.93. The van der Waals surface area contributed by atoms with E-state index in [0.717, 1.165) is 16.8 Å². The van der Waals surface area contributed by atoms with Crippen LogP contribution in [0.4, 0.5) is 4.39 Å². The minimum atomic E-state index is -0.316. The number of rotatable bonds is 5. The third-order valence-corrected chi connectivity index (χ3v) is 7.03. The number of nitrogens with zero attached hydrogens (tertiary/aromatic N) is 4. The van der Waals surface area contributed by atoms with Crippen LogP contribution >= 0.6 is 11.8 Å². The number of fused-ring (bicyclic) bond motifs is 2. The summed E-state index contributed by atoms with van der Waals surface area (Å²) < 4.78 is 16.3. The highest BCUT2D eigenvalue weighted by atomic mass is 32.2. The van der Waals surface area contributed by atoms with Crippen molar-refractivity contribution in [3.63, 3.8) is 0 Å². The Bertz CT molecular complexity index is 1430. The molecule has 7 nitrogen and oxygen atoms in total. The number of hydrogen-bond acceptors (Lipinski definition) is 5. The molecule has 3 heterocycles. The zero-order valence-electron chi connectivity index (χ0n) is 18.2. The maximum Gasteiger partial charge on any atom is 0.265 e. The molecule has 5 rings (SSSR count). The largest absolute Gasteiger partial charge is 0.352 e. The van der Waals surface area contributed by atoms with E-state index in [-0.39, 0.29) is 29.7 Å². The summed E-state index contributed by atoms with van der Waals surface area (Å²) in [7, 11) is 0. The van der Waals surface area contributed by atoms with Crippen molar-refractivity contribution >= 4 is 28.7 Å². The molecule has 0 spiro atoms. The fourth-order valence-electron chi connectivity index (χ4n) is 3.92. The van der Waals surface area contributed by atoms with Crippen LogP contribution < -0.4 is 10.9 Å². The van der Waals surface area contributed by atoms with Crippen molar-refractivity contribution in [2.75, 3.05) is 5.75 Å². The van der Waals surface area contributed by atoms with Gasteiger partial charge in [-0.15, -0.1) is 0 Å². The van der Waals surface area contributed by atoms with E-state index in [1.807, 2.05) is 32.0 Å². The summed E-state index contributed by atoms with van der Waals surface area (Å²) in [6.45, 7) is 4.39. The van der Waals surface area contributed by atoms with E-state index in [9.17, 15) is 14.0 Å². The first-order chi connectivity index (χ1) is 15.9. The van der Waals surface area contributed by atoms with Crippen LogP contribution in [0.25, 0.3) is 16.7 Å². The number of amides is 1. The maximum atomic E-state index is 13.3. The van der Waals surface area contributed by atoms with E-state index in [0.29, 0.717) is 28.5 Å². The van der Waals surface area contributed by atoms with Gasteiger partial charge in [-0.05, 0) is 54.8 Å². The van der Waals surface area contributed by atoms with Crippen LogP contribution in [0.5, 0.6) is 0 Å². The zero-order chi connectivity index (χ0) is 23.1. The van der Waals surface area contributed by atoms with Gasteiger partial charge in [-0.2, -0.15) is 5.10 Å².